The molecule has 1 unspecified atom stereocenters. The summed E-state index contributed by atoms with van der Waals surface area (Å²) in [5, 5.41) is 0. The van der Waals surface area contributed by atoms with Gasteiger partial charge in [-0.2, -0.15) is 0 Å². The summed E-state index contributed by atoms with van der Waals surface area (Å²) in [5.41, 5.74) is 7.09. The molecule has 19 heavy (non-hydrogen) atoms. The normalized spacial score (nSPS) is 18.9. The summed E-state index contributed by atoms with van der Waals surface area (Å²) >= 11 is 3.42. The Hall–Kier alpha value is -0.160. The highest BCUT2D eigenvalue weighted by Crippen LogP contribution is 2.24. The van der Waals surface area contributed by atoms with Crippen molar-refractivity contribution in [3.63, 3.8) is 0 Å². The number of benzene rings is 1. The highest BCUT2D eigenvalue weighted by Gasteiger charge is 2.22. The van der Waals surface area contributed by atoms with Gasteiger partial charge in [0.25, 0.3) is 0 Å². The molecule has 5 heteroatoms. The number of likely N-dealkylation sites (tertiary alicyclic amines) is 1. The highest BCUT2D eigenvalue weighted by molar-refractivity contribution is 9.10. The lowest BCUT2D eigenvalue weighted by atomic mass is 9.91. The summed E-state index contributed by atoms with van der Waals surface area (Å²) in [6.07, 6.45) is 2.33. The Balaban J connectivity index is 0.00000180. The monoisotopic (exact) mass is 350 g/mol. The lowest BCUT2D eigenvalue weighted by Gasteiger charge is -2.33. The van der Waals surface area contributed by atoms with Crippen LogP contribution in [-0.4, -0.2) is 24.0 Å². The topological polar surface area (TPSA) is 29.3 Å². The molecular formula is C14H21BrClFN2. The van der Waals surface area contributed by atoms with E-state index in [4.69, 9.17) is 5.73 Å². The second-order valence-corrected chi connectivity index (χ2v) is 6.06. The van der Waals surface area contributed by atoms with Gasteiger partial charge in [0.05, 0.1) is 0 Å². The zero-order valence-electron chi connectivity index (χ0n) is 11.1. The predicted molar refractivity (Wildman–Crippen MR) is 83.0 cm³/mol. The van der Waals surface area contributed by atoms with Crippen LogP contribution in [0.25, 0.3) is 0 Å². The summed E-state index contributed by atoms with van der Waals surface area (Å²) in [4.78, 5) is 2.41. The van der Waals surface area contributed by atoms with E-state index in [-0.39, 0.29) is 18.2 Å². The second kappa shape index (κ2) is 7.58. The van der Waals surface area contributed by atoms with Crippen LogP contribution in [0.5, 0.6) is 0 Å². The molecule has 0 saturated carbocycles. The zero-order chi connectivity index (χ0) is 13.1. The standard InChI is InChI=1S/C14H20BrFN2.ClH/c1-10(17)11-4-6-18(7-5-11)9-12-2-3-13(16)8-14(12)15;/h2-3,8,10-11H,4-7,9,17H2,1H3;1H. The van der Waals surface area contributed by atoms with E-state index in [1.807, 2.05) is 6.07 Å². The van der Waals surface area contributed by atoms with Crippen LogP contribution < -0.4 is 5.73 Å². The molecule has 1 aromatic carbocycles. The van der Waals surface area contributed by atoms with Gasteiger partial charge in [0, 0.05) is 17.1 Å². The smallest absolute Gasteiger partial charge is 0.124 e. The van der Waals surface area contributed by atoms with Gasteiger partial charge in [-0.1, -0.05) is 22.0 Å². The number of hydrogen-bond acceptors (Lipinski definition) is 2. The average Bonchev–Trinajstić information content (AvgIpc) is 2.33. The fourth-order valence-corrected chi connectivity index (χ4v) is 3.00. The Labute approximate surface area is 129 Å². The molecule has 1 aromatic rings. The molecule has 2 rings (SSSR count). The number of piperidine rings is 1. The predicted octanol–water partition coefficient (Wildman–Crippen LogP) is 3.57. The third-order valence-corrected chi connectivity index (χ3v) is 4.52. The molecule has 1 saturated heterocycles. The fourth-order valence-electron chi connectivity index (χ4n) is 2.53. The van der Waals surface area contributed by atoms with Crippen molar-refractivity contribution in [1.82, 2.24) is 4.90 Å². The van der Waals surface area contributed by atoms with E-state index in [0.29, 0.717) is 12.0 Å². The molecule has 108 valence electrons. The van der Waals surface area contributed by atoms with Crippen molar-refractivity contribution < 1.29 is 4.39 Å². The quantitative estimate of drug-likeness (QED) is 0.902. The Morgan fingerprint density at radius 3 is 2.58 bits per heavy atom. The number of nitrogens with zero attached hydrogens (tertiary/aromatic N) is 1. The molecular weight excluding hydrogens is 331 g/mol. The van der Waals surface area contributed by atoms with Gasteiger partial charge in [0.1, 0.15) is 5.82 Å². The van der Waals surface area contributed by atoms with Crippen molar-refractivity contribution in [1.29, 1.82) is 0 Å². The Kier molecular flexibility index (Phi) is 6.74. The van der Waals surface area contributed by atoms with E-state index in [0.717, 1.165) is 42.5 Å². The molecule has 1 heterocycles. The highest BCUT2D eigenvalue weighted by atomic mass is 79.9. The van der Waals surface area contributed by atoms with Gasteiger partial charge in [0.2, 0.25) is 0 Å². The zero-order valence-corrected chi connectivity index (χ0v) is 13.5. The van der Waals surface area contributed by atoms with Gasteiger partial charge in [-0.3, -0.25) is 4.90 Å². The first-order chi connectivity index (χ1) is 8.56. The molecule has 1 aliphatic rings. The number of halogens is 3. The summed E-state index contributed by atoms with van der Waals surface area (Å²) in [6, 6.07) is 5.21. The number of rotatable bonds is 3. The first kappa shape index (κ1) is 16.9. The van der Waals surface area contributed by atoms with Crippen LogP contribution in [0, 0.1) is 11.7 Å². The fraction of sp³-hybridized carbons (Fsp3) is 0.571. The van der Waals surface area contributed by atoms with Crippen LogP contribution in [0.1, 0.15) is 25.3 Å². The molecule has 1 aliphatic heterocycles. The van der Waals surface area contributed by atoms with Gasteiger partial charge in [-0.05, 0) is 56.5 Å². The van der Waals surface area contributed by atoms with Gasteiger partial charge in [0.15, 0.2) is 0 Å². The van der Waals surface area contributed by atoms with E-state index in [1.54, 1.807) is 0 Å². The minimum atomic E-state index is -0.193. The van der Waals surface area contributed by atoms with Gasteiger partial charge >= 0.3 is 0 Å². The largest absolute Gasteiger partial charge is 0.328 e. The van der Waals surface area contributed by atoms with E-state index >= 15 is 0 Å². The van der Waals surface area contributed by atoms with Crippen LogP contribution in [0.3, 0.4) is 0 Å². The van der Waals surface area contributed by atoms with Crippen LogP contribution in [-0.2, 0) is 6.54 Å². The SMILES string of the molecule is CC(N)C1CCN(Cc2ccc(F)cc2Br)CC1.Cl. The molecule has 0 radical (unpaired) electrons. The van der Waals surface area contributed by atoms with Gasteiger partial charge < -0.3 is 5.73 Å². The van der Waals surface area contributed by atoms with Crippen molar-refractivity contribution in [3.05, 3.63) is 34.1 Å². The molecule has 0 aromatic heterocycles. The molecule has 0 bridgehead atoms. The molecule has 2 N–H and O–H groups in total. The minimum absolute atomic E-state index is 0. The first-order valence-corrected chi connectivity index (χ1v) is 7.27. The number of nitrogens with two attached hydrogens (primary N) is 1. The number of hydrogen-bond donors (Lipinski definition) is 1. The van der Waals surface area contributed by atoms with Crippen molar-refractivity contribution >= 4 is 28.3 Å². The van der Waals surface area contributed by atoms with Gasteiger partial charge in [-0.15, -0.1) is 12.4 Å². The summed E-state index contributed by atoms with van der Waals surface area (Å²) in [5.74, 6) is 0.458. The maximum atomic E-state index is 13.0. The maximum Gasteiger partial charge on any atom is 0.124 e. The first-order valence-electron chi connectivity index (χ1n) is 6.48. The Morgan fingerprint density at radius 2 is 2.05 bits per heavy atom. The maximum absolute atomic E-state index is 13.0. The summed E-state index contributed by atoms with van der Waals surface area (Å²) < 4.78 is 13.9. The summed E-state index contributed by atoms with van der Waals surface area (Å²) in [7, 11) is 0. The van der Waals surface area contributed by atoms with E-state index in [1.165, 1.54) is 12.1 Å². The minimum Gasteiger partial charge on any atom is -0.328 e. The average molecular weight is 352 g/mol. The molecule has 2 nitrogen and oxygen atoms in total. The van der Waals surface area contributed by atoms with Crippen molar-refractivity contribution in [2.45, 2.75) is 32.4 Å². The van der Waals surface area contributed by atoms with Gasteiger partial charge in [-0.25, -0.2) is 4.39 Å². The summed E-state index contributed by atoms with van der Waals surface area (Å²) in [6.45, 7) is 5.13. The van der Waals surface area contributed by atoms with Crippen molar-refractivity contribution in [2.75, 3.05) is 13.1 Å². The van der Waals surface area contributed by atoms with E-state index < -0.39 is 0 Å². The van der Waals surface area contributed by atoms with Crippen molar-refractivity contribution in [3.8, 4) is 0 Å². The lowest BCUT2D eigenvalue weighted by molar-refractivity contribution is 0.165. The third kappa shape index (κ3) is 4.71. The van der Waals surface area contributed by atoms with E-state index in [9.17, 15) is 4.39 Å². The Morgan fingerprint density at radius 1 is 1.42 bits per heavy atom. The molecule has 0 amide bonds. The van der Waals surface area contributed by atoms with Crippen LogP contribution >= 0.6 is 28.3 Å². The van der Waals surface area contributed by atoms with Crippen LogP contribution in [0.2, 0.25) is 0 Å². The molecule has 0 aliphatic carbocycles. The lowest BCUT2D eigenvalue weighted by Crippen LogP contribution is -2.39. The molecule has 1 fully saturated rings. The third-order valence-electron chi connectivity index (χ3n) is 3.78. The van der Waals surface area contributed by atoms with Crippen LogP contribution in [0.15, 0.2) is 22.7 Å². The molecule has 0 spiro atoms. The second-order valence-electron chi connectivity index (χ2n) is 5.21. The van der Waals surface area contributed by atoms with Crippen molar-refractivity contribution in [2.24, 2.45) is 11.7 Å². The Bertz CT molecular complexity index is 406. The molecule has 1 atom stereocenters. The van der Waals surface area contributed by atoms with Crippen LogP contribution in [0.4, 0.5) is 4.39 Å². The van der Waals surface area contributed by atoms with E-state index in [2.05, 4.69) is 27.8 Å².